The SMILES string of the molecule is COC(=O)N1CC(c2nc(Nc3ccc(C)c(NC(=O)c4cnc5ccccn45)c3)no2)C1. The van der Waals surface area contributed by atoms with Gasteiger partial charge in [-0.05, 0) is 41.9 Å². The fraction of sp³-hybridized carbons (Fsp3) is 0.227. The van der Waals surface area contributed by atoms with Gasteiger partial charge in [-0.15, -0.1) is 0 Å². The topological polar surface area (TPSA) is 127 Å². The summed E-state index contributed by atoms with van der Waals surface area (Å²) in [6.07, 6.45) is 2.97. The van der Waals surface area contributed by atoms with Gasteiger partial charge in [-0.1, -0.05) is 12.1 Å². The number of likely N-dealkylation sites (tertiary alicyclic amines) is 1. The van der Waals surface area contributed by atoms with Gasteiger partial charge in [0.1, 0.15) is 11.3 Å². The third-order valence-corrected chi connectivity index (χ3v) is 5.50. The summed E-state index contributed by atoms with van der Waals surface area (Å²) < 4.78 is 11.7. The summed E-state index contributed by atoms with van der Waals surface area (Å²) in [6, 6.07) is 11.1. The van der Waals surface area contributed by atoms with Crippen molar-refractivity contribution in [2.24, 2.45) is 0 Å². The largest absolute Gasteiger partial charge is 0.453 e. The molecule has 0 unspecified atom stereocenters. The molecule has 4 heterocycles. The summed E-state index contributed by atoms with van der Waals surface area (Å²) in [7, 11) is 1.35. The minimum Gasteiger partial charge on any atom is -0.453 e. The average molecular weight is 447 g/mol. The monoisotopic (exact) mass is 447 g/mol. The van der Waals surface area contributed by atoms with Gasteiger partial charge in [-0.2, -0.15) is 4.98 Å². The number of aromatic nitrogens is 4. The number of imidazole rings is 1. The number of amides is 2. The summed E-state index contributed by atoms with van der Waals surface area (Å²) in [5.41, 5.74) is 3.36. The van der Waals surface area contributed by atoms with Gasteiger partial charge in [0.2, 0.25) is 5.89 Å². The molecular formula is C22H21N7O4. The van der Waals surface area contributed by atoms with Gasteiger partial charge in [0.25, 0.3) is 11.9 Å². The van der Waals surface area contributed by atoms with E-state index in [1.807, 2.05) is 37.3 Å². The number of carbonyl (C=O) groups is 2. The van der Waals surface area contributed by atoms with Crippen molar-refractivity contribution in [1.82, 2.24) is 24.4 Å². The first kappa shape index (κ1) is 20.5. The molecular weight excluding hydrogens is 426 g/mol. The summed E-state index contributed by atoms with van der Waals surface area (Å²) in [5, 5.41) is 9.99. The van der Waals surface area contributed by atoms with Crippen LogP contribution in [-0.2, 0) is 4.74 Å². The van der Waals surface area contributed by atoms with Crippen LogP contribution in [0, 0.1) is 6.92 Å². The molecule has 11 nitrogen and oxygen atoms in total. The first-order valence-electron chi connectivity index (χ1n) is 10.3. The molecule has 4 aromatic rings. The van der Waals surface area contributed by atoms with Gasteiger partial charge in [0.05, 0.1) is 19.2 Å². The van der Waals surface area contributed by atoms with Crippen LogP contribution in [0.2, 0.25) is 0 Å². The summed E-state index contributed by atoms with van der Waals surface area (Å²) in [5.74, 6) is 0.455. The highest BCUT2D eigenvalue weighted by molar-refractivity contribution is 6.04. The van der Waals surface area contributed by atoms with Crippen molar-refractivity contribution in [1.29, 1.82) is 0 Å². The molecule has 5 rings (SSSR count). The first-order chi connectivity index (χ1) is 16.0. The number of carbonyl (C=O) groups excluding carboxylic acids is 2. The zero-order valence-corrected chi connectivity index (χ0v) is 18.0. The number of nitrogens with zero attached hydrogens (tertiary/aromatic N) is 5. The van der Waals surface area contributed by atoms with Crippen molar-refractivity contribution in [2.45, 2.75) is 12.8 Å². The van der Waals surface area contributed by atoms with Crippen LogP contribution in [0.4, 0.5) is 22.1 Å². The molecule has 2 N–H and O–H groups in total. The van der Waals surface area contributed by atoms with Gasteiger partial charge in [0, 0.05) is 30.7 Å². The van der Waals surface area contributed by atoms with Gasteiger partial charge >= 0.3 is 6.09 Å². The molecule has 33 heavy (non-hydrogen) atoms. The van der Waals surface area contributed by atoms with Crippen molar-refractivity contribution in [3.05, 3.63) is 65.9 Å². The number of benzene rings is 1. The minimum absolute atomic E-state index is 0.0227. The van der Waals surface area contributed by atoms with E-state index in [2.05, 4.69) is 30.5 Å². The minimum atomic E-state index is -0.373. The maximum Gasteiger partial charge on any atom is 0.409 e. The van der Waals surface area contributed by atoms with Crippen LogP contribution >= 0.6 is 0 Å². The Morgan fingerprint density at radius 2 is 2.06 bits per heavy atom. The van der Waals surface area contributed by atoms with E-state index in [9.17, 15) is 9.59 Å². The van der Waals surface area contributed by atoms with Crippen molar-refractivity contribution in [3.63, 3.8) is 0 Å². The fourth-order valence-electron chi connectivity index (χ4n) is 3.62. The molecule has 168 valence electrons. The quantitative estimate of drug-likeness (QED) is 0.478. The van der Waals surface area contributed by atoms with Crippen molar-refractivity contribution in [2.75, 3.05) is 30.8 Å². The number of anilines is 3. The lowest BCUT2D eigenvalue weighted by atomic mass is 10.0. The van der Waals surface area contributed by atoms with E-state index in [1.165, 1.54) is 7.11 Å². The number of rotatable bonds is 5. The van der Waals surface area contributed by atoms with Crippen LogP contribution in [0.15, 0.2) is 53.3 Å². The molecule has 1 aliphatic rings. The second kappa shape index (κ2) is 8.26. The summed E-state index contributed by atoms with van der Waals surface area (Å²) in [4.78, 5) is 34.5. The lowest BCUT2D eigenvalue weighted by Crippen LogP contribution is -2.48. The molecule has 3 aromatic heterocycles. The first-order valence-corrected chi connectivity index (χ1v) is 10.3. The van der Waals surface area contributed by atoms with E-state index in [0.29, 0.717) is 47.6 Å². The number of nitrogens with one attached hydrogen (secondary N) is 2. The molecule has 1 aromatic carbocycles. The molecule has 0 bridgehead atoms. The number of methoxy groups -OCH3 is 1. The lowest BCUT2D eigenvalue weighted by molar-refractivity contribution is 0.0804. The Morgan fingerprint density at radius 1 is 1.21 bits per heavy atom. The highest BCUT2D eigenvalue weighted by Crippen LogP contribution is 2.28. The smallest absolute Gasteiger partial charge is 0.409 e. The number of aryl methyl sites for hydroxylation is 1. The Hall–Kier alpha value is -4.41. The number of pyridine rings is 1. The Balaban J connectivity index is 1.27. The molecule has 0 saturated carbocycles. The zero-order chi connectivity index (χ0) is 22.9. The second-order valence-electron chi connectivity index (χ2n) is 7.71. The number of fused-ring (bicyclic) bond motifs is 1. The third kappa shape index (κ3) is 3.95. The van der Waals surface area contributed by atoms with Gasteiger partial charge < -0.3 is 24.8 Å². The number of ether oxygens (including phenoxy) is 1. The van der Waals surface area contributed by atoms with Crippen molar-refractivity contribution < 1.29 is 18.8 Å². The lowest BCUT2D eigenvalue weighted by Gasteiger charge is -2.35. The van der Waals surface area contributed by atoms with Crippen LogP contribution in [0.3, 0.4) is 0 Å². The van der Waals surface area contributed by atoms with E-state index < -0.39 is 0 Å². The molecule has 2 amide bonds. The molecule has 11 heteroatoms. The Kier molecular flexibility index (Phi) is 5.13. The molecule has 1 aliphatic heterocycles. The maximum absolute atomic E-state index is 12.9. The summed E-state index contributed by atoms with van der Waals surface area (Å²) >= 11 is 0. The normalized spacial score (nSPS) is 13.6. The van der Waals surface area contributed by atoms with Crippen molar-refractivity contribution in [3.8, 4) is 0 Å². The maximum atomic E-state index is 12.9. The molecule has 0 atom stereocenters. The van der Waals surface area contributed by atoms with Crippen LogP contribution < -0.4 is 10.6 Å². The van der Waals surface area contributed by atoms with Gasteiger partial charge in [-0.3, -0.25) is 9.20 Å². The second-order valence-corrected chi connectivity index (χ2v) is 7.71. The zero-order valence-electron chi connectivity index (χ0n) is 18.0. The molecule has 0 radical (unpaired) electrons. The highest BCUT2D eigenvalue weighted by Gasteiger charge is 2.36. The predicted octanol–water partition coefficient (Wildman–Crippen LogP) is 3.19. The van der Waals surface area contributed by atoms with Crippen molar-refractivity contribution >= 4 is 35.0 Å². The average Bonchev–Trinajstić information content (AvgIpc) is 3.42. The van der Waals surface area contributed by atoms with Crippen LogP contribution in [0.25, 0.3) is 5.65 Å². The standard InChI is InChI=1S/C22H21N7O4/c1-13-6-7-15(24-21-26-20(33-27-21)14-11-28(12-14)22(31)32-2)9-16(13)25-19(30)17-10-23-18-5-3-4-8-29(17)18/h3-10,14H,11-12H2,1-2H3,(H,24,27)(H,25,30). The van der Waals surface area contributed by atoms with Gasteiger partial charge in [0.15, 0.2) is 0 Å². The molecule has 0 aliphatic carbocycles. The predicted molar refractivity (Wildman–Crippen MR) is 119 cm³/mol. The third-order valence-electron chi connectivity index (χ3n) is 5.50. The van der Waals surface area contributed by atoms with E-state index >= 15 is 0 Å². The highest BCUT2D eigenvalue weighted by atomic mass is 16.5. The van der Waals surface area contributed by atoms with Gasteiger partial charge in [-0.25, -0.2) is 9.78 Å². The molecule has 0 spiro atoms. The molecule has 1 fully saturated rings. The van der Waals surface area contributed by atoms with E-state index in [4.69, 9.17) is 4.52 Å². The van der Waals surface area contributed by atoms with Crippen LogP contribution in [0.5, 0.6) is 0 Å². The van der Waals surface area contributed by atoms with E-state index in [1.54, 1.807) is 27.8 Å². The Bertz CT molecular complexity index is 1340. The fourth-order valence-corrected chi connectivity index (χ4v) is 3.62. The van der Waals surface area contributed by atoms with E-state index in [-0.39, 0.29) is 17.9 Å². The Labute approximate surface area is 188 Å². The Morgan fingerprint density at radius 3 is 2.88 bits per heavy atom. The van der Waals surface area contributed by atoms with E-state index in [0.717, 1.165) is 5.56 Å². The summed E-state index contributed by atoms with van der Waals surface area (Å²) in [6.45, 7) is 2.85. The molecule has 1 saturated heterocycles. The van der Waals surface area contributed by atoms with Crippen LogP contribution in [-0.4, -0.2) is 56.6 Å². The number of hydrogen-bond donors (Lipinski definition) is 2. The number of hydrogen-bond acceptors (Lipinski definition) is 8. The van der Waals surface area contributed by atoms with Crippen LogP contribution in [0.1, 0.15) is 27.9 Å².